The molecule has 0 aliphatic carbocycles. The van der Waals surface area contributed by atoms with Crippen LogP contribution in [0.3, 0.4) is 0 Å². The van der Waals surface area contributed by atoms with E-state index in [2.05, 4.69) is 17.2 Å². The molecule has 0 fully saturated rings. The summed E-state index contributed by atoms with van der Waals surface area (Å²) in [6.07, 6.45) is 3.14. The predicted molar refractivity (Wildman–Crippen MR) is 101 cm³/mol. The van der Waals surface area contributed by atoms with E-state index in [1.54, 1.807) is 12.1 Å². The molecule has 1 amide bonds. The maximum absolute atomic E-state index is 11.8. The molecule has 2 aromatic carbocycles. The zero-order valence-electron chi connectivity index (χ0n) is 13.7. The Morgan fingerprint density at radius 2 is 1.88 bits per heavy atom. The average Bonchev–Trinajstić information content (AvgIpc) is 2.58. The highest BCUT2D eigenvalue weighted by atomic mass is 35.5. The first kappa shape index (κ1) is 17.7. The van der Waals surface area contributed by atoms with Crippen LogP contribution in [0.25, 0.3) is 6.08 Å². The standard InChI is InChI=1S/C20H19ClN2O/c1-23(2)19-12-6-4-9-17(19)10-7-15-22-20(24)14-13-16-8-3-5-11-18(16)21/h3-6,8-9,11-14H,15H2,1-2H3,(H,22,24)/b14-13+. The van der Waals surface area contributed by atoms with Crippen molar-refractivity contribution in [1.82, 2.24) is 5.32 Å². The van der Waals surface area contributed by atoms with Gasteiger partial charge in [0, 0.05) is 30.8 Å². The molecule has 0 saturated heterocycles. The van der Waals surface area contributed by atoms with Crippen molar-refractivity contribution in [2.24, 2.45) is 0 Å². The first-order valence-corrected chi connectivity index (χ1v) is 7.91. The lowest BCUT2D eigenvalue weighted by molar-refractivity contribution is -0.116. The number of carbonyl (C=O) groups is 1. The zero-order chi connectivity index (χ0) is 17.4. The maximum Gasteiger partial charge on any atom is 0.244 e. The second kappa shape index (κ2) is 8.81. The van der Waals surface area contributed by atoms with Crippen molar-refractivity contribution in [3.05, 3.63) is 70.8 Å². The summed E-state index contributed by atoms with van der Waals surface area (Å²) in [5, 5.41) is 3.35. The van der Waals surface area contributed by atoms with Gasteiger partial charge in [0.25, 0.3) is 0 Å². The zero-order valence-corrected chi connectivity index (χ0v) is 14.5. The van der Waals surface area contributed by atoms with E-state index in [1.165, 1.54) is 6.08 Å². The van der Waals surface area contributed by atoms with Crippen LogP contribution in [0, 0.1) is 11.8 Å². The number of anilines is 1. The highest BCUT2D eigenvalue weighted by Gasteiger charge is 2.00. The number of nitrogens with one attached hydrogen (secondary N) is 1. The van der Waals surface area contributed by atoms with Gasteiger partial charge in [0.15, 0.2) is 0 Å². The molecule has 0 aliphatic rings. The molecule has 0 spiro atoms. The third-order valence-corrected chi connectivity index (χ3v) is 3.62. The molecule has 0 radical (unpaired) electrons. The smallest absolute Gasteiger partial charge is 0.244 e. The van der Waals surface area contributed by atoms with Gasteiger partial charge in [0.05, 0.1) is 12.2 Å². The van der Waals surface area contributed by atoms with Crippen LogP contribution in [0.5, 0.6) is 0 Å². The Labute approximate surface area is 147 Å². The molecular weight excluding hydrogens is 320 g/mol. The van der Waals surface area contributed by atoms with Crippen molar-refractivity contribution in [3.8, 4) is 11.8 Å². The summed E-state index contributed by atoms with van der Waals surface area (Å²) in [5.41, 5.74) is 2.79. The normalized spacial score (nSPS) is 10.1. The summed E-state index contributed by atoms with van der Waals surface area (Å²) in [6.45, 7) is 0.285. The van der Waals surface area contributed by atoms with Crippen molar-refractivity contribution >= 4 is 29.3 Å². The fourth-order valence-electron chi connectivity index (χ4n) is 2.07. The van der Waals surface area contributed by atoms with Crippen LogP contribution in [-0.4, -0.2) is 26.5 Å². The second-order valence-electron chi connectivity index (χ2n) is 5.29. The summed E-state index contributed by atoms with van der Waals surface area (Å²) in [5.74, 6) is 5.85. The van der Waals surface area contributed by atoms with E-state index in [-0.39, 0.29) is 12.5 Å². The predicted octanol–water partition coefficient (Wildman–Crippen LogP) is 3.59. The lowest BCUT2D eigenvalue weighted by Crippen LogP contribution is -2.21. The molecule has 0 heterocycles. The molecular formula is C20H19ClN2O. The topological polar surface area (TPSA) is 32.3 Å². The third-order valence-electron chi connectivity index (χ3n) is 3.28. The fourth-order valence-corrected chi connectivity index (χ4v) is 2.27. The van der Waals surface area contributed by atoms with Gasteiger partial charge in [-0.2, -0.15) is 0 Å². The molecule has 2 rings (SSSR count). The van der Waals surface area contributed by atoms with Gasteiger partial charge in [0.1, 0.15) is 0 Å². The van der Waals surface area contributed by atoms with Crippen molar-refractivity contribution in [1.29, 1.82) is 0 Å². The Balaban J connectivity index is 1.91. The van der Waals surface area contributed by atoms with Crippen LogP contribution < -0.4 is 10.2 Å². The highest BCUT2D eigenvalue weighted by Crippen LogP contribution is 2.16. The van der Waals surface area contributed by atoms with Gasteiger partial charge in [-0.05, 0) is 29.8 Å². The summed E-state index contributed by atoms with van der Waals surface area (Å²) in [6, 6.07) is 15.2. The summed E-state index contributed by atoms with van der Waals surface area (Å²) >= 11 is 6.03. The minimum absolute atomic E-state index is 0.204. The number of hydrogen-bond donors (Lipinski definition) is 1. The Hall–Kier alpha value is -2.70. The first-order chi connectivity index (χ1) is 11.6. The van der Waals surface area contributed by atoms with Gasteiger partial charge < -0.3 is 10.2 Å². The van der Waals surface area contributed by atoms with Crippen LogP contribution >= 0.6 is 11.6 Å². The van der Waals surface area contributed by atoms with Crippen LogP contribution in [0.2, 0.25) is 5.02 Å². The van der Waals surface area contributed by atoms with E-state index in [9.17, 15) is 4.79 Å². The number of hydrogen-bond acceptors (Lipinski definition) is 2. The maximum atomic E-state index is 11.8. The molecule has 0 saturated carbocycles. The van der Waals surface area contributed by atoms with E-state index in [1.807, 2.05) is 61.5 Å². The Morgan fingerprint density at radius 1 is 1.17 bits per heavy atom. The lowest BCUT2D eigenvalue weighted by atomic mass is 10.1. The summed E-state index contributed by atoms with van der Waals surface area (Å²) in [4.78, 5) is 13.8. The molecule has 122 valence electrons. The van der Waals surface area contributed by atoms with E-state index < -0.39 is 0 Å². The third kappa shape index (κ3) is 5.19. The Kier molecular flexibility index (Phi) is 6.48. The Morgan fingerprint density at radius 3 is 2.62 bits per heavy atom. The van der Waals surface area contributed by atoms with Crippen molar-refractivity contribution in [3.63, 3.8) is 0 Å². The SMILES string of the molecule is CN(C)c1ccccc1C#CCNC(=O)/C=C/c1ccccc1Cl. The molecule has 2 aromatic rings. The van der Waals surface area contributed by atoms with Gasteiger partial charge in [-0.3, -0.25) is 4.79 Å². The molecule has 0 aliphatic heterocycles. The van der Waals surface area contributed by atoms with Crippen LogP contribution in [0.4, 0.5) is 5.69 Å². The number of nitrogens with zero attached hydrogens (tertiary/aromatic N) is 1. The van der Waals surface area contributed by atoms with Gasteiger partial charge in [-0.1, -0.05) is 53.8 Å². The average molecular weight is 339 g/mol. The number of amides is 1. The van der Waals surface area contributed by atoms with Crippen LogP contribution in [-0.2, 0) is 4.79 Å². The van der Waals surface area contributed by atoms with Crippen molar-refractivity contribution < 1.29 is 4.79 Å². The summed E-state index contributed by atoms with van der Waals surface area (Å²) in [7, 11) is 3.95. The monoisotopic (exact) mass is 338 g/mol. The molecule has 0 bridgehead atoms. The molecule has 3 nitrogen and oxygen atoms in total. The van der Waals surface area contributed by atoms with Gasteiger partial charge in [-0.25, -0.2) is 0 Å². The highest BCUT2D eigenvalue weighted by molar-refractivity contribution is 6.32. The van der Waals surface area contributed by atoms with E-state index in [4.69, 9.17) is 11.6 Å². The Bertz CT molecular complexity index is 801. The number of rotatable bonds is 4. The van der Waals surface area contributed by atoms with E-state index in [0.717, 1.165) is 16.8 Å². The van der Waals surface area contributed by atoms with Crippen molar-refractivity contribution in [2.75, 3.05) is 25.5 Å². The molecule has 0 aromatic heterocycles. The number of benzene rings is 2. The second-order valence-corrected chi connectivity index (χ2v) is 5.69. The molecule has 4 heteroatoms. The number of halogens is 1. The number of para-hydroxylation sites is 1. The van der Waals surface area contributed by atoms with Crippen LogP contribution in [0.1, 0.15) is 11.1 Å². The van der Waals surface area contributed by atoms with Gasteiger partial charge in [0.2, 0.25) is 5.91 Å². The minimum atomic E-state index is -0.204. The van der Waals surface area contributed by atoms with E-state index in [0.29, 0.717) is 5.02 Å². The van der Waals surface area contributed by atoms with Crippen molar-refractivity contribution in [2.45, 2.75) is 0 Å². The van der Waals surface area contributed by atoms with Crippen LogP contribution in [0.15, 0.2) is 54.6 Å². The fraction of sp³-hybridized carbons (Fsp3) is 0.150. The number of carbonyl (C=O) groups excluding carboxylic acids is 1. The molecule has 0 unspecified atom stereocenters. The van der Waals surface area contributed by atoms with Gasteiger partial charge >= 0.3 is 0 Å². The summed E-state index contributed by atoms with van der Waals surface area (Å²) < 4.78 is 0. The molecule has 0 atom stereocenters. The van der Waals surface area contributed by atoms with Gasteiger partial charge in [-0.15, -0.1) is 0 Å². The van der Waals surface area contributed by atoms with E-state index >= 15 is 0 Å². The minimum Gasteiger partial charge on any atom is -0.377 e. The largest absolute Gasteiger partial charge is 0.377 e. The first-order valence-electron chi connectivity index (χ1n) is 7.53. The molecule has 1 N–H and O–H groups in total. The quantitative estimate of drug-likeness (QED) is 0.682. The molecule has 24 heavy (non-hydrogen) atoms. The lowest BCUT2D eigenvalue weighted by Gasteiger charge is -2.13.